The van der Waals surface area contributed by atoms with Crippen LogP contribution in [0.15, 0.2) is 36.4 Å². The van der Waals surface area contributed by atoms with Crippen molar-refractivity contribution in [1.29, 1.82) is 0 Å². The van der Waals surface area contributed by atoms with E-state index in [9.17, 15) is 35.9 Å². The molecule has 2 aliphatic rings. The number of halogens is 6. The molecule has 196 valence electrons. The zero-order valence-corrected chi connectivity index (χ0v) is 18.9. The third-order valence-corrected chi connectivity index (χ3v) is 6.72. The maximum atomic E-state index is 13.0. The van der Waals surface area contributed by atoms with E-state index in [-0.39, 0.29) is 29.7 Å². The second-order valence-corrected chi connectivity index (χ2v) is 9.10. The van der Waals surface area contributed by atoms with Crippen LogP contribution in [0.2, 0.25) is 0 Å². The van der Waals surface area contributed by atoms with Crippen molar-refractivity contribution in [3.05, 3.63) is 58.7 Å². The molecule has 1 saturated heterocycles. The Hall–Kier alpha value is -3.84. The number of hydrogen-bond acceptors (Lipinski definition) is 5. The fraction of sp³-hybridized carbons (Fsp3) is 0.391. The van der Waals surface area contributed by atoms with Gasteiger partial charge in [0.1, 0.15) is 17.6 Å². The number of nitrogens with one attached hydrogen (secondary N) is 2. The average Bonchev–Trinajstić information content (AvgIpc) is 3.19. The number of fused-ring (bicyclic) bond motifs is 2. The summed E-state index contributed by atoms with van der Waals surface area (Å²) >= 11 is 0. The van der Waals surface area contributed by atoms with Crippen molar-refractivity contribution in [3.63, 3.8) is 0 Å². The molecule has 2 heterocycles. The third kappa shape index (κ3) is 5.18. The number of ether oxygens (including phenoxy) is 1. The summed E-state index contributed by atoms with van der Waals surface area (Å²) in [6.45, 7) is 0.321. The minimum absolute atomic E-state index is 0.0188. The second-order valence-electron chi connectivity index (χ2n) is 9.10. The number of piperidine rings is 1. The highest BCUT2D eigenvalue weighted by Crippen LogP contribution is 2.51. The maximum absolute atomic E-state index is 13.0. The number of likely N-dealkylation sites (tertiary alicyclic amines) is 1. The van der Waals surface area contributed by atoms with E-state index in [2.05, 4.69) is 20.7 Å². The molecule has 0 bridgehead atoms. The molecule has 0 spiro atoms. The summed E-state index contributed by atoms with van der Waals surface area (Å²) in [5.74, 6) is 0.125. The van der Waals surface area contributed by atoms with Gasteiger partial charge in [0, 0.05) is 25.2 Å². The average molecular weight is 527 g/mol. The summed E-state index contributed by atoms with van der Waals surface area (Å²) < 4.78 is 83.0. The molecule has 0 radical (unpaired) electrons. The number of carbonyl (C=O) groups excluding carboxylic acids is 2. The minimum atomic E-state index is -4.98. The van der Waals surface area contributed by atoms with Gasteiger partial charge in [-0.2, -0.15) is 41.8 Å². The number of hydrogen-bond donors (Lipinski definition) is 2. The highest BCUT2D eigenvalue weighted by molar-refractivity contribution is 5.97. The van der Waals surface area contributed by atoms with Gasteiger partial charge in [0.25, 0.3) is 5.91 Å². The van der Waals surface area contributed by atoms with Crippen LogP contribution in [0.25, 0.3) is 11.0 Å². The lowest BCUT2D eigenvalue weighted by atomic mass is 10.1. The Morgan fingerprint density at radius 2 is 1.57 bits per heavy atom. The van der Waals surface area contributed by atoms with Crippen molar-refractivity contribution in [2.45, 2.75) is 19.0 Å². The Kier molecular flexibility index (Phi) is 5.99. The maximum Gasteiger partial charge on any atom is 0.416 e. The lowest BCUT2D eigenvalue weighted by molar-refractivity contribution is -0.143. The SMILES string of the molecule is O=C(NCC1C2CN(C(=O)OCc3cc(C(F)(F)F)cc(C(F)(F)F)c3)CC12)c1ccc2n[nH]nc2c1. The Morgan fingerprint density at radius 1 is 0.946 bits per heavy atom. The van der Waals surface area contributed by atoms with Gasteiger partial charge in [0.15, 0.2) is 0 Å². The highest BCUT2D eigenvalue weighted by atomic mass is 19.4. The van der Waals surface area contributed by atoms with Crippen molar-refractivity contribution in [2.24, 2.45) is 17.8 Å². The van der Waals surface area contributed by atoms with E-state index in [1.54, 1.807) is 18.2 Å². The molecule has 8 nitrogen and oxygen atoms in total. The Labute approximate surface area is 204 Å². The number of nitrogens with zero attached hydrogens (tertiary/aromatic N) is 3. The number of aromatic amines is 1. The van der Waals surface area contributed by atoms with Gasteiger partial charge in [-0.3, -0.25) is 4.79 Å². The first-order valence-electron chi connectivity index (χ1n) is 11.2. The second kappa shape index (κ2) is 8.92. The van der Waals surface area contributed by atoms with Crippen LogP contribution in [0.4, 0.5) is 31.1 Å². The van der Waals surface area contributed by atoms with Crippen LogP contribution >= 0.6 is 0 Å². The lowest BCUT2D eigenvalue weighted by Crippen LogP contribution is -2.34. The normalized spacial score (nSPS) is 21.1. The fourth-order valence-electron chi connectivity index (χ4n) is 4.73. The van der Waals surface area contributed by atoms with Crippen LogP contribution in [0.5, 0.6) is 0 Å². The van der Waals surface area contributed by atoms with Crippen LogP contribution in [0.3, 0.4) is 0 Å². The van der Waals surface area contributed by atoms with Gasteiger partial charge < -0.3 is 15.0 Å². The van der Waals surface area contributed by atoms with E-state index < -0.39 is 41.7 Å². The zero-order valence-electron chi connectivity index (χ0n) is 18.9. The molecule has 2 N–H and O–H groups in total. The van der Waals surface area contributed by atoms with Gasteiger partial charge in [-0.15, -0.1) is 0 Å². The topological polar surface area (TPSA) is 100 Å². The van der Waals surface area contributed by atoms with Gasteiger partial charge in [0.05, 0.1) is 11.1 Å². The molecule has 2 unspecified atom stereocenters. The van der Waals surface area contributed by atoms with E-state index in [4.69, 9.17) is 4.74 Å². The molecule has 2 aromatic carbocycles. The van der Waals surface area contributed by atoms with Gasteiger partial charge >= 0.3 is 18.4 Å². The predicted molar refractivity (Wildman–Crippen MR) is 115 cm³/mol. The standard InChI is InChI=1S/C23H19F6N5O3/c24-22(25,26)13-3-11(4-14(6-13)23(27,28)29)10-37-21(36)34-8-16-15(17(16)9-34)7-30-20(35)12-1-2-18-19(5-12)32-33-31-18/h1-6,15-17H,7-10H2,(H,30,35)(H,31,32,33). The molecule has 1 aliphatic heterocycles. The first kappa shape index (κ1) is 24.8. The van der Waals surface area contributed by atoms with Crippen molar-refractivity contribution in [1.82, 2.24) is 25.6 Å². The van der Waals surface area contributed by atoms with E-state index in [1.807, 2.05) is 0 Å². The number of H-pyrrole nitrogens is 1. The van der Waals surface area contributed by atoms with Crippen LogP contribution in [0.1, 0.15) is 27.0 Å². The zero-order chi connectivity index (χ0) is 26.5. The highest BCUT2D eigenvalue weighted by Gasteiger charge is 2.56. The molecule has 5 rings (SSSR count). The van der Waals surface area contributed by atoms with Gasteiger partial charge in [-0.25, -0.2) is 4.79 Å². The third-order valence-electron chi connectivity index (χ3n) is 6.72. The summed E-state index contributed by atoms with van der Waals surface area (Å²) in [4.78, 5) is 26.2. The number of benzene rings is 2. The lowest BCUT2D eigenvalue weighted by Gasteiger charge is -2.20. The van der Waals surface area contributed by atoms with Crippen LogP contribution in [-0.2, 0) is 23.7 Å². The summed E-state index contributed by atoms with van der Waals surface area (Å²) in [6.07, 6.45) is -10.8. The Balaban J connectivity index is 1.11. The molecule has 1 aromatic heterocycles. The number of rotatable bonds is 5. The Morgan fingerprint density at radius 3 is 2.19 bits per heavy atom. The predicted octanol–water partition coefficient (Wildman–Crippen LogP) is 4.24. The number of carbonyl (C=O) groups is 2. The van der Waals surface area contributed by atoms with E-state index >= 15 is 0 Å². The van der Waals surface area contributed by atoms with Crippen molar-refractivity contribution in [3.8, 4) is 0 Å². The summed E-state index contributed by atoms with van der Waals surface area (Å²) in [6, 6.07) is 6.00. The summed E-state index contributed by atoms with van der Waals surface area (Å²) in [7, 11) is 0. The molecule has 3 aromatic rings. The minimum Gasteiger partial charge on any atom is -0.445 e. The summed E-state index contributed by atoms with van der Waals surface area (Å²) in [5, 5.41) is 13.2. The van der Waals surface area contributed by atoms with E-state index in [0.717, 1.165) is 0 Å². The van der Waals surface area contributed by atoms with Crippen LogP contribution in [0, 0.1) is 17.8 Å². The van der Waals surface area contributed by atoms with E-state index in [0.29, 0.717) is 48.4 Å². The van der Waals surface area contributed by atoms with Crippen molar-refractivity contribution in [2.75, 3.05) is 19.6 Å². The van der Waals surface area contributed by atoms with Crippen molar-refractivity contribution < 1.29 is 40.7 Å². The molecule has 2 atom stereocenters. The first-order chi connectivity index (χ1) is 17.4. The number of alkyl halides is 6. The number of aromatic nitrogens is 3. The first-order valence-corrected chi connectivity index (χ1v) is 11.2. The summed E-state index contributed by atoms with van der Waals surface area (Å²) in [5.41, 5.74) is -1.73. The molecule has 14 heteroatoms. The van der Waals surface area contributed by atoms with Crippen molar-refractivity contribution >= 4 is 23.0 Å². The Bertz CT molecular complexity index is 1310. The van der Waals surface area contributed by atoms with Gasteiger partial charge in [-0.1, -0.05) is 0 Å². The molecule has 2 amide bonds. The molecule has 1 aliphatic carbocycles. The van der Waals surface area contributed by atoms with Gasteiger partial charge in [-0.05, 0) is 59.7 Å². The van der Waals surface area contributed by atoms with Crippen LogP contribution in [-0.4, -0.2) is 51.9 Å². The van der Waals surface area contributed by atoms with Crippen LogP contribution < -0.4 is 5.32 Å². The smallest absolute Gasteiger partial charge is 0.416 e. The molecular formula is C23H19F6N5O3. The largest absolute Gasteiger partial charge is 0.445 e. The van der Waals surface area contributed by atoms with Gasteiger partial charge in [0.2, 0.25) is 0 Å². The number of amides is 2. The molecule has 1 saturated carbocycles. The molecule has 2 fully saturated rings. The van der Waals surface area contributed by atoms with E-state index in [1.165, 1.54) is 4.90 Å². The quantitative estimate of drug-likeness (QED) is 0.484. The fourth-order valence-corrected chi connectivity index (χ4v) is 4.73. The molecule has 37 heavy (non-hydrogen) atoms. The monoisotopic (exact) mass is 527 g/mol. The molecular weight excluding hydrogens is 508 g/mol.